The molecular formula is C8H16O. The number of rotatable bonds is 2. The minimum Gasteiger partial charge on any atom is -0.389 e. The van der Waals surface area contributed by atoms with Crippen LogP contribution in [0.25, 0.3) is 0 Å². The normalized spacial score (nSPS) is 44.7. The predicted molar refractivity (Wildman–Crippen MR) is 38.2 cm³/mol. The Bertz CT molecular complexity index is 111. The Hall–Kier alpha value is -0.0400. The van der Waals surface area contributed by atoms with E-state index in [1.54, 1.807) is 0 Å². The molecule has 1 aliphatic carbocycles. The summed E-state index contributed by atoms with van der Waals surface area (Å²) in [5.41, 5.74) is -0.283. The van der Waals surface area contributed by atoms with Gasteiger partial charge in [-0.15, -0.1) is 0 Å². The lowest BCUT2D eigenvalue weighted by Gasteiger charge is -2.15. The highest BCUT2D eigenvalue weighted by Crippen LogP contribution is 2.49. The third kappa shape index (κ3) is 0.983. The van der Waals surface area contributed by atoms with Crippen LogP contribution in [-0.2, 0) is 0 Å². The average Bonchev–Trinajstić information content (AvgIpc) is 2.41. The van der Waals surface area contributed by atoms with E-state index in [1.165, 1.54) is 0 Å². The van der Waals surface area contributed by atoms with Gasteiger partial charge in [0.25, 0.3) is 0 Å². The van der Waals surface area contributed by atoms with Crippen LogP contribution >= 0.6 is 0 Å². The van der Waals surface area contributed by atoms with Gasteiger partial charge in [-0.3, -0.25) is 0 Å². The van der Waals surface area contributed by atoms with Gasteiger partial charge in [-0.05, 0) is 18.3 Å². The molecule has 0 bridgehead atoms. The maximum atomic E-state index is 9.67. The van der Waals surface area contributed by atoms with Gasteiger partial charge < -0.3 is 5.11 Å². The van der Waals surface area contributed by atoms with Crippen molar-refractivity contribution in [1.82, 2.24) is 0 Å². The number of aliphatic hydroxyl groups is 1. The molecule has 1 nitrogen and oxygen atoms in total. The van der Waals surface area contributed by atoms with E-state index in [2.05, 4.69) is 20.8 Å². The Labute approximate surface area is 57.1 Å². The molecule has 0 amide bonds. The Kier molecular flexibility index (Phi) is 1.55. The topological polar surface area (TPSA) is 20.2 Å². The van der Waals surface area contributed by atoms with Crippen molar-refractivity contribution in [3.63, 3.8) is 0 Å². The zero-order chi connectivity index (χ0) is 7.07. The fourth-order valence-corrected chi connectivity index (χ4v) is 1.47. The molecule has 0 aromatic rings. The molecular weight excluding hydrogens is 112 g/mol. The van der Waals surface area contributed by atoms with Crippen LogP contribution in [0.1, 0.15) is 33.6 Å². The van der Waals surface area contributed by atoms with Gasteiger partial charge >= 0.3 is 0 Å². The zero-order valence-electron chi connectivity index (χ0n) is 6.52. The molecule has 0 aromatic carbocycles. The van der Waals surface area contributed by atoms with E-state index in [0.29, 0.717) is 11.8 Å². The standard InChI is InChI=1S/C8H16O/c1-4-6(2)8(9)5-7(8)3/h6-7,9H,4-5H2,1-3H3. The molecule has 1 saturated carbocycles. The van der Waals surface area contributed by atoms with Crippen LogP contribution in [0.15, 0.2) is 0 Å². The van der Waals surface area contributed by atoms with Crippen molar-refractivity contribution < 1.29 is 5.11 Å². The maximum Gasteiger partial charge on any atom is 0.0703 e. The largest absolute Gasteiger partial charge is 0.389 e. The van der Waals surface area contributed by atoms with E-state index < -0.39 is 0 Å². The van der Waals surface area contributed by atoms with E-state index in [1.807, 2.05) is 0 Å². The summed E-state index contributed by atoms with van der Waals surface area (Å²) in [4.78, 5) is 0. The third-order valence-electron chi connectivity index (χ3n) is 2.79. The first-order valence-corrected chi connectivity index (χ1v) is 3.83. The lowest BCUT2D eigenvalue weighted by molar-refractivity contribution is 0.0742. The van der Waals surface area contributed by atoms with E-state index in [-0.39, 0.29) is 5.60 Å². The van der Waals surface area contributed by atoms with Gasteiger partial charge in [-0.1, -0.05) is 27.2 Å². The number of hydrogen-bond donors (Lipinski definition) is 1. The van der Waals surface area contributed by atoms with Crippen molar-refractivity contribution in [3.05, 3.63) is 0 Å². The van der Waals surface area contributed by atoms with Crippen LogP contribution in [-0.4, -0.2) is 10.7 Å². The molecule has 3 unspecified atom stereocenters. The summed E-state index contributed by atoms with van der Waals surface area (Å²) in [6, 6.07) is 0. The quantitative estimate of drug-likeness (QED) is 0.601. The van der Waals surface area contributed by atoms with Crippen molar-refractivity contribution >= 4 is 0 Å². The van der Waals surface area contributed by atoms with Crippen molar-refractivity contribution in [2.24, 2.45) is 11.8 Å². The van der Waals surface area contributed by atoms with Crippen molar-refractivity contribution in [2.75, 3.05) is 0 Å². The van der Waals surface area contributed by atoms with Gasteiger partial charge in [0.15, 0.2) is 0 Å². The molecule has 0 aliphatic heterocycles. The summed E-state index contributed by atoms with van der Waals surface area (Å²) >= 11 is 0. The molecule has 0 spiro atoms. The van der Waals surface area contributed by atoms with Crippen LogP contribution in [0, 0.1) is 11.8 Å². The Balaban J connectivity index is 2.43. The third-order valence-corrected chi connectivity index (χ3v) is 2.79. The lowest BCUT2D eigenvalue weighted by atomic mass is 9.98. The van der Waals surface area contributed by atoms with Gasteiger partial charge in [-0.2, -0.15) is 0 Å². The Morgan fingerprint density at radius 3 is 2.33 bits per heavy atom. The van der Waals surface area contributed by atoms with Gasteiger partial charge in [0.05, 0.1) is 5.60 Å². The van der Waals surface area contributed by atoms with Crippen LogP contribution in [0.4, 0.5) is 0 Å². The van der Waals surface area contributed by atoms with Crippen molar-refractivity contribution in [3.8, 4) is 0 Å². The summed E-state index contributed by atoms with van der Waals surface area (Å²) in [6.45, 7) is 6.38. The molecule has 1 N–H and O–H groups in total. The van der Waals surface area contributed by atoms with Crippen molar-refractivity contribution in [2.45, 2.75) is 39.2 Å². The molecule has 0 aromatic heterocycles. The first-order valence-electron chi connectivity index (χ1n) is 3.83. The second-order valence-electron chi connectivity index (χ2n) is 3.41. The first-order chi connectivity index (χ1) is 4.11. The summed E-state index contributed by atoms with van der Waals surface area (Å²) in [7, 11) is 0. The maximum absolute atomic E-state index is 9.67. The van der Waals surface area contributed by atoms with E-state index in [9.17, 15) is 5.11 Å². The molecule has 9 heavy (non-hydrogen) atoms. The minimum atomic E-state index is -0.283. The average molecular weight is 128 g/mol. The van der Waals surface area contributed by atoms with Crippen molar-refractivity contribution in [1.29, 1.82) is 0 Å². The summed E-state index contributed by atoms with van der Waals surface area (Å²) < 4.78 is 0. The number of hydrogen-bond acceptors (Lipinski definition) is 1. The minimum absolute atomic E-state index is 0.283. The second-order valence-corrected chi connectivity index (χ2v) is 3.41. The van der Waals surface area contributed by atoms with E-state index in [4.69, 9.17) is 0 Å². The predicted octanol–water partition coefficient (Wildman–Crippen LogP) is 1.80. The molecule has 0 heterocycles. The van der Waals surface area contributed by atoms with E-state index in [0.717, 1.165) is 12.8 Å². The Morgan fingerprint density at radius 1 is 1.78 bits per heavy atom. The van der Waals surface area contributed by atoms with E-state index >= 15 is 0 Å². The molecule has 1 rings (SSSR count). The van der Waals surface area contributed by atoms with Gasteiger partial charge in [0, 0.05) is 0 Å². The fourth-order valence-electron chi connectivity index (χ4n) is 1.47. The van der Waals surface area contributed by atoms with Crippen LogP contribution in [0.5, 0.6) is 0 Å². The SMILES string of the molecule is CCC(C)C1(O)CC1C. The fraction of sp³-hybridized carbons (Fsp3) is 1.00. The summed E-state index contributed by atoms with van der Waals surface area (Å²) in [5, 5.41) is 9.67. The zero-order valence-corrected chi connectivity index (χ0v) is 6.52. The van der Waals surface area contributed by atoms with Crippen LogP contribution in [0.2, 0.25) is 0 Å². The smallest absolute Gasteiger partial charge is 0.0703 e. The molecule has 0 saturated heterocycles. The van der Waals surface area contributed by atoms with Gasteiger partial charge in [0.2, 0.25) is 0 Å². The molecule has 1 heteroatoms. The monoisotopic (exact) mass is 128 g/mol. The highest BCUT2D eigenvalue weighted by atomic mass is 16.3. The highest BCUT2D eigenvalue weighted by Gasteiger charge is 2.52. The van der Waals surface area contributed by atoms with Crippen LogP contribution < -0.4 is 0 Å². The lowest BCUT2D eigenvalue weighted by Crippen LogP contribution is -2.20. The Morgan fingerprint density at radius 2 is 2.22 bits per heavy atom. The van der Waals surface area contributed by atoms with Gasteiger partial charge in [0.1, 0.15) is 0 Å². The first kappa shape index (κ1) is 7.07. The molecule has 1 aliphatic rings. The van der Waals surface area contributed by atoms with Crippen LogP contribution in [0.3, 0.4) is 0 Å². The second kappa shape index (κ2) is 1.98. The highest BCUT2D eigenvalue weighted by molar-refractivity contribution is 5.03. The van der Waals surface area contributed by atoms with Gasteiger partial charge in [-0.25, -0.2) is 0 Å². The summed E-state index contributed by atoms with van der Waals surface area (Å²) in [5.74, 6) is 1.04. The molecule has 54 valence electrons. The summed E-state index contributed by atoms with van der Waals surface area (Å²) in [6.07, 6.45) is 2.11. The molecule has 3 atom stereocenters. The molecule has 1 fully saturated rings. The molecule has 0 radical (unpaired) electrons.